The van der Waals surface area contributed by atoms with Gasteiger partial charge in [0.2, 0.25) is 11.8 Å². The second-order valence-corrected chi connectivity index (χ2v) is 13.9. The minimum atomic E-state index is -4.88. The summed E-state index contributed by atoms with van der Waals surface area (Å²) in [6.07, 6.45) is -4.68. The van der Waals surface area contributed by atoms with Crippen LogP contribution in [-0.4, -0.2) is 43.3 Å². The molecule has 12 heteroatoms. The molecular weight excluding hydrogens is 615 g/mol. The Morgan fingerprint density at radius 2 is 1.45 bits per heavy atom. The van der Waals surface area contributed by atoms with Gasteiger partial charge in [0.1, 0.15) is 12.6 Å². The van der Waals surface area contributed by atoms with E-state index in [0.717, 1.165) is 23.3 Å². The van der Waals surface area contributed by atoms with Gasteiger partial charge in [-0.25, -0.2) is 8.42 Å². The SMILES string of the molecule is CC[C@@H](C(=O)NC(C)(C)C)N(Cc1ccc(C)cc1)C(=O)CN(c1ccc(Cl)c(C(F)(F)F)c1)S(=O)(=O)c1ccc(C)cc1. The Morgan fingerprint density at radius 1 is 0.909 bits per heavy atom. The van der Waals surface area contributed by atoms with E-state index in [9.17, 15) is 31.2 Å². The topological polar surface area (TPSA) is 86.8 Å². The molecule has 0 radical (unpaired) electrons. The van der Waals surface area contributed by atoms with Gasteiger partial charge in [0.25, 0.3) is 10.0 Å². The Morgan fingerprint density at radius 3 is 1.95 bits per heavy atom. The minimum absolute atomic E-state index is 0.0397. The first-order valence-corrected chi connectivity index (χ1v) is 15.8. The fourth-order valence-corrected chi connectivity index (χ4v) is 6.15. The first kappa shape index (κ1) is 34.9. The quantitative estimate of drug-likeness (QED) is 0.259. The van der Waals surface area contributed by atoms with Crippen LogP contribution in [0.15, 0.2) is 71.6 Å². The van der Waals surface area contributed by atoms with Gasteiger partial charge in [-0.1, -0.05) is 66.0 Å². The number of carbonyl (C=O) groups is 2. The predicted molar refractivity (Wildman–Crippen MR) is 166 cm³/mol. The van der Waals surface area contributed by atoms with Crippen LogP contribution in [0.25, 0.3) is 0 Å². The zero-order valence-electron chi connectivity index (χ0n) is 25.5. The smallest absolute Gasteiger partial charge is 0.350 e. The molecule has 0 spiro atoms. The van der Waals surface area contributed by atoms with E-state index in [0.29, 0.717) is 15.9 Å². The number of amides is 2. The fraction of sp³-hybridized carbons (Fsp3) is 0.375. The third kappa shape index (κ3) is 8.75. The van der Waals surface area contributed by atoms with Crippen LogP contribution in [0.1, 0.15) is 56.4 Å². The van der Waals surface area contributed by atoms with E-state index >= 15 is 0 Å². The molecule has 7 nitrogen and oxygen atoms in total. The molecule has 3 aromatic rings. The summed E-state index contributed by atoms with van der Waals surface area (Å²) in [6.45, 7) is 9.83. The van der Waals surface area contributed by atoms with Crippen LogP contribution in [0, 0.1) is 13.8 Å². The Hall–Kier alpha value is -3.57. The summed E-state index contributed by atoms with van der Waals surface area (Å²) < 4.78 is 70.0. The lowest BCUT2D eigenvalue weighted by atomic mass is 10.1. The molecule has 3 rings (SSSR count). The van der Waals surface area contributed by atoms with Crippen LogP contribution in [0.4, 0.5) is 18.9 Å². The van der Waals surface area contributed by atoms with Crippen LogP contribution < -0.4 is 9.62 Å². The van der Waals surface area contributed by atoms with Crippen molar-refractivity contribution < 1.29 is 31.2 Å². The highest BCUT2D eigenvalue weighted by molar-refractivity contribution is 7.92. The standard InChI is InChI=1S/C32H37ClF3N3O4S/c1-7-28(30(41)37-31(4,5)6)38(19-23-12-8-21(2)9-13-23)29(40)20-39(44(42,43)25-15-10-22(3)11-16-25)24-14-17-27(33)26(18-24)32(34,35)36/h8-18,28H,7,19-20H2,1-6H3,(H,37,41)/t28-/m0/s1. The summed E-state index contributed by atoms with van der Waals surface area (Å²) in [7, 11) is -4.56. The van der Waals surface area contributed by atoms with Gasteiger partial charge in [-0.3, -0.25) is 13.9 Å². The summed E-state index contributed by atoms with van der Waals surface area (Å²) >= 11 is 5.83. The van der Waals surface area contributed by atoms with E-state index in [2.05, 4.69) is 5.32 Å². The van der Waals surface area contributed by atoms with Crippen LogP contribution in [0.3, 0.4) is 0 Å². The fourth-order valence-electron chi connectivity index (χ4n) is 4.51. The number of sulfonamides is 1. The highest BCUT2D eigenvalue weighted by Gasteiger charge is 2.37. The maximum Gasteiger partial charge on any atom is 0.417 e. The second-order valence-electron chi connectivity index (χ2n) is 11.7. The van der Waals surface area contributed by atoms with Gasteiger partial charge in [-0.15, -0.1) is 0 Å². The summed E-state index contributed by atoms with van der Waals surface area (Å²) in [6, 6.07) is 14.7. The Balaban J connectivity index is 2.16. The first-order valence-electron chi connectivity index (χ1n) is 14.0. The van der Waals surface area contributed by atoms with Gasteiger partial charge in [-0.05, 0) is 76.9 Å². The molecule has 0 saturated heterocycles. The van der Waals surface area contributed by atoms with Crippen LogP contribution in [0.5, 0.6) is 0 Å². The zero-order chi connectivity index (χ0) is 33.0. The normalized spacial score (nSPS) is 12.9. The van der Waals surface area contributed by atoms with Gasteiger partial charge >= 0.3 is 6.18 Å². The average molecular weight is 652 g/mol. The molecule has 0 saturated carbocycles. The van der Waals surface area contributed by atoms with Crippen molar-refractivity contribution in [2.75, 3.05) is 10.8 Å². The largest absolute Gasteiger partial charge is 0.417 e. The molecule has 0 fully saturated rings. The third-order valence-electron chi connectivity index (χ3n) is 6.79. The van der Waals surface area contributed by atoms with Crippen LogP contribution in [0.2, 0.25) is 5.02 Å². The minimum Gasteiger partial charge on any atom is -0.350 e. The molecule has 0 heterocycles. The number of hydrogen-bond acceptors (Lipinski definition) is 4. The molecular formula is C32H37ClF3N3O4S. The number of carbonyl (C=O) groups excluding carboxylic acids is 2. The molecule has 0 aliphatic heterocycles. The van der Waals surface area contributed by atoms with E-state index in [-0.39, 0.29) is 17.9 Å². The van der Waals surface area contributed by atoms with Gasteiger partial charge in [0.05, 0.1) is 21.2 Å². The summed E-state index contributed by atoms with van der Waals surface area (Å²) in [4.78, 5) is 28.6. The number of alkyl halides is 3. The molecule has 1 N–H and O–H groups in total. The maximum atomic E-state index is 14.1. The lowest BCUT2D eigenvalue weighted by Gasteiger charge is -2.35. The Kier molecular flexibility index (Phi) is 10.8. The molecule has 0 unspecified atom stereocenters. The molecule has 1 atom stereocenters. The number of anilines is 1. The van der Waals surface area contributed by atoms with Crippen molar-refractivity contribution in [3.8, 4) is 0 Å². The van der Waals surface area contributed by atoms with Crippen molar-refractivity contribution in [3.05, 3.63) is 94.0 Å². The number of nitrogens with one attached hydrogen (secondary N) is 1. The van der Waals surface area contributed by atoms with Crippen LogP contribution in [-0.2, 0) is 32.3 Å². The monoisotopic (exact) mass is 651 g/mol. The van der Waals surface area contributed by atoms with E-state index in [4.69, 9.17) is 11.6 Å². The van der Waals surface area contributed by atoms with Crippen LogP contribution >= 0.6 is 11.6 Å². The third-order valence-corrected chi connectivity index (χ3v) is 8.91. The number of benzene rings is 3. The molecule has 0 aromatic heterocycles. The van der Waals surface area contributed by atoms with E-state index in [1.807, 2.05) is 19.1 Å². The predicted octanol–water partition coefficient (Wildman–Crippen LogP) is 6.89. The van der Waals surface area contributed by atoms with Crippen molar-refractivity contribution in [2.45, 2.75) is 77.2 Å². The lowest BCUT2D eigenvalue weighted by Crippen LogP contribution is -2.55. The Bertz CT molecular complexity index is 1590. The molecule has 3 aromatic carbocycles. The van der Waals surface area contributed by atoms with Gasteiger partial charge in [0, 0.05) is 12.1 Å². The van der Waals surface area contributed by atoms with E-state index in [1.165, 1.54) is 17.0 Å². The summed E-state index contributed by atoms with van der Waals surface area (Å²) in [5.74, 6) is -1.22. The van der Waals surface area contributed by atoms with E-state index in [1.54, 1.807) is 58.9 Å². The number of rotatable bonds is 10. The van der Waals surface area contributed by atoms with Gasteiger partial charge in [0.15, 0.2) is 0 Å². The first-order chi connectivity index (χ1) is 20.3. The van der Waals surface area contributed by atoms with Crippen molar-refractivity contribution in [1.82, 2.24) is 10.2 Å². The van der Waals surface area contributed by atoms with Gasteiger partial charge in [-0.2, -0.15) is 13.2 Å². The Labute approximate surface area is 262 Å². The number of aryl methyl sites for hydroxylation is 2. The van der Waals surface area contributed by atoms with E-state index < -0.39 is 62.4 Å². The molecule has 0 bridgehead atoms. The highest BCUT2D eigenvalue weighted by Crippen LogP contribution is 2.38. The molecule has 238 valence electrons. The van der Waals surface area contributed by atoms with Crippen molar-refractivity contribution in [1.29, 1.82) is 0 Å². The second kappa shape index (κ2) is 13.6. The van der Waals surface area contributed by atoms with Gasteiger partial charge < -0.3 is 10.2 Å². The average Bonchev–Trinajstić information content (AvgIpc) is 2.91. The lowest BCUT2D eigenvalue weighted by molar-refractivity contribution is -0.141. The highest BCUT2D eigenvalue weighted by atomic mass is 35.5. The number of halogens is 4. The molecule has 0 aliphatic rings. The van der Waals surface area contributed by atoms with Crippen molar-refractivity contribution in [2.24, 2.45) is 0 Å². The summed E-state index contributed by atoms with van der Waals surface area (Å²) in [5.41, 5.74) is 0.143. The van der Waals surface area contributed by atoms with Crippen molar-refractivity contribution >= 4 is 39.1 Å². The van der Waals surface area contributed by atoms with Crippen molar-refractivity contribution in [3.63, 3.8) is 0 Å². The molecule has 2 amide bonds. The molecule has 0 aliphatic carbocycles. The molecule has 44 heavy (non-hydrogen) atoms. The summed E-state index contributed by atoms with van der Waals surface area (Å²) in [5, 5.41) is 2.25. The number of nitrogens with zero attached hydrogens (tertiary/aromatic N) is 2. The maximum absolute atomic E-state index is 14.1. The zero-order valence-corrected chi connectivity index (χ0v) is 27.1. The number of hydrogen-bond donors (Lipinski definition) is 1.